The molecule has 1 aliphatic heterocycles. The quantitative estimate of drug-likeness (QED) is 0.888. The lowest BCUT2D eigenvalue weighted by atomic mass is 10.0. The Labute approximate surface area is 139 Å². The van der Waals surface area contributed by atoms with Crippen LogP contribution in [0.1, 0.15) is 35.7 Å². The number of hydrogen-bond acceptors (Lipinski definition) is 3. The molecular weight excluding hydrogens is 309 g/mol. The van der Waals surface area contributed by atoms with Gasteiger partial charge in [0.2, 0.25) is 0 Å². The molecular formula is C15H25Cl2N3O. The Kier molecular flexibility index (Phi) is 9.62. The highest BCUT2D eigenvalue weighted by atomic mass is 35.5. The fraction of sp³-hybridized carbons (Fsp3) is 0.533. The van der Waals surface area contributed by atoms with Crippen molar-refractivity contribution in [3.8, 4) is 0 Å². The van der Waals surface area contributed by atoms with Crippen molar-refractivity contribution in [2.45, 2.75) is 32.4 Å². The molecule has 6 heteroatoms. The van der Waals surface area contributed by atoms with Gasteiger partial charge in [0.05, 0.1) is 0 Å². The first-order chi connectivity index (χ1) is 9.22. The van der Waals surface area contributed by atoms with Crippen LogP contribution in [0.25, 0.3) is 0 Å². The van der Waals surface area contributed by atoms with Crippen LogP contribution in [0.4, 0.5) is 0 Å². The van der Waals surface area contributed by atoms with Gasteiger partial charge in [-0.1, -0.05) is 19.1 Å². The fourth-order valence-corrected chi connectivity index (χ4v) is 2.52. The number of likely N-dealkylation sites (N-methyl/N-ethyl adjacent to an activating group) is 1. The van der Waals surface area contributed by atoms with Crippen LogP contribution in [0.5, 0.6) is 0 Å². The molecule has 2 rings (SSSR count). The normalized spacial score (nSPS) is 18.3. The molecule has 3 N–H and O–H groups in total. The van der Waals surface area contributed by atoms with Crippen LogP contribution in [0.2, 0.25) is 0 Å². The van der Waals surface area contributed by atoms with Crippen molar-refractivity contribution < 1.29 is 4.79 Å². The van der Waals surface area contributed by atoms with Gasteiger partial charge in [-0.15, -0.1) is 24.8 Å². The number of nitrogens with one attached hydrogen (secondary N) is 1. The summed E-state index contributed by atoms with van der Waals surface area (Å²) in [6, 6.07) is 7.79. The zero-order valence-electron chi connectivity index (χ0n) is 12.4. The van der Waals surface area contributed by atoms with Crippen LogP contribution in [0.3, 0.4) is 0 Å². The molecule has 1 aromatic carbocycles. The van der Waals surface area contributed by atoms with E-state index in [0.29, 0.717) is 12.1 Å². The number of amides is 1. The lowest BCUT2D eigenvalue weighted by molar-refractivity contribution is 0.0906. The fourth-order valence-electron chi connectivity index (χ4n) is 2.52. The van der Waals surface area contributed by atoms with Crippen molar-refractivity contribution in [3.63, 3.8) is 0 Å². The second-order valence-electron chi connectivity index (χ2n) is 5.11. The second-order valence-corrected chi connectivity index (χ2v) is 5.11. The number of nitrogens with zero attached hydrogens (tertiary/aromatic N) is 1. The minimum absolute atomic E-state index is 0. The van der Waals surface area contributed by atoms with E-state index in [2.05, 4.69) is 17.1 Å². The Morgan fingerprint density at radius 3 is 2.57 bits per heavy atom. The number of carbonyl (C=O) groups excluding carboxylic acids is 1. The van der Waals surface area contributed by atoms with Gasteiger partial charge in [0, 0.05) is 24.7 Å². The van der Waals surface area contributed by atoms with E-state index in [1.807, 2.05) is 24.3 Å². The van der Waals surface area contributed by atoms with Crippen LogP contribution in [0.15, 0.2) is 24.3 Å². The van der Waals surface area contributed by atoms with Gasteiger partial charge >= 0.3 is 0 Å². The highest BCUT2D eigenvalue weighted by Crippen LogP contribution is 2.11. The van der Waals surface area contributed by atoms with Crippen LogP contribution < -0.4 is 11.1 Å². The summed E-state index contributed by atoms with van der Waals surface area (Å²) >= 11 is 0. The number of halogens is 2. The molecule has 0 radical (unpaired) electrons. The van der Waals surface area contributed by atoms with Gasteiger partial charge in [-0.05, 0) is 43.6 Å². The number of rotatable bonds is 4. The molecule has 0 aromatic heterocycles. The molecule has 0 spiro atoms. The number of nitrogens with two attached hydrogens (primary N) is 1. The summed E-state index contributed by atoms with van der Waals surface area (Å²) in [5.41, 5.74) is 7.31. The molecule has 120 valence electrons. The predicted octanol–water partition coefficient (Wildman–Crippen LogP) is 2.20. The standard InChI is InChI=1S/C15H23N3O.2ClH/c1-2-18-9-3-4-14(11-18)17-15(19)13-7-5-12(10-16)6-8-13;;/h5-8,14H,2-4,9-11,16H2,1H3,(H,17,19);2*1H. The van der Waals surface area contributed by atoms with Crippen LogP contribution >= 0.6 is 24.8 Å². The summed E-state index contributed by atoms with van der Waals surface area (Å²) in [5.74, 6) is 0.0199. The zero-order chi connectivity index (χ0) is 13.7. The van der Waals surface area contributed by atoms with Crippen molar-refractivity contribution in [2.24, 2.45) is 5.73 Å². The Bertz CT molecular complexity index is 425. The predicted molar refractivity (Wildman–Crippen MR) is 91.4 cm³/mol. The molecule has 1 atom stereocenters. The molecule has 0 saturated carbocycles. The Hall–Kier alpha value is -0.810. The highest BCUT2D eigenvalue weighted by molar-refractivity contribution is 5.94. The summed E-state index contributed by atoms with van der Waals surface area (Å²) in [6.07, 6.45) is 2.23. The molecule has 1 amide bonds. The molecule has 0 aliphatic carbocycles. The largest absolute Gasteiger partial charge is 0.348 e. The summed E-state index contributed by atoms with van der Waals surface area (Å²) in [7, 11) is 0. The maximum absolute atomic E-state index is 12.1. The summed E-state index contributed by atoms with van der Waals surface area (Å²) in [5, 5.41) is 3.13. The van der Waals surface area contributed by atoms with Gasteiger partial charge in [-0.2, -0.15) is 0 Å². The van der Waals surface area contributed by atoms with E-state index in [0.717, 1.165) is 38.0 Å². The monoisotopic (exact) mass is 333 g/mol. The molecule has 1 aliphatic rings. The number of piperidine rings is 1. The smallest absolute Gasteiger partial charge is 0.251 e. The molecule has 1 heterocycles. The summed E-state index contributed by atoms with van der Waals surface area (Å²) < 4.78 is 0. The molecule has 1 saturated heterocycles. The molecule has 1 unspecified atom stereocenters. The molecule has 1 fully saturated rings. The second kappa shape index (κ2) is 10.0. The van der Waals surface area contributed by atoms with Gasteiger partial charge in [0.25, 0.3) is 5.91 Å². The van der Waals surface area contributed by atoms with Crippen molar-refractivity contribution in [1.82, 2.24) is 10.2 Å². The molecule has 0 bridgehead atoms. The maximum Gasteiger partial charge on any atom is 0.251 e. The first-order valence-corrected chi connectivity index (χ1v) is 7.05. The summed E-state index contributed by atoms with van der Waals surface area (Å²) in [4.78, 5) is 14.5. The van der Waals surface area contributed by atoms with E-state index in [1.54, 1.807) is 0 Å². The van der Waals surface area contributed by atoms with E-state index < -0.39 is 0 Å². The molecule has 4 nitrogen and oxygen atoms in total. The van der Waals surface area contributed by atoms with Gasteiger partial charge in [0.15, 0.2) is 0 Å². The average molecular weight is 334 g/mol. The van der Waals surface area contributed by atoms with E-state index >= 15 is 0 Å². The topological polar surface area (TPSA) is 58.4 Å². The average Bonchev–Trinajstić information content (AvgIpc) is 2.47. The first-order valence-electron chi connectivity index (χ1n) is 7.05. The lowest BCUT2D eigenvalue weighted by Gasteiger charge is -2.32. The summed E-state index contributed by atoms with van der Waals surface area (Å²) in [6.45, 7) is 5.83. The third-order valence-electron chi connectivity index (χ3n) is 3.74. The Morgan fingerprint density at radius 1 is 1.33 bits per heavy atom. The molecule has 1 aromatic rings. The van der Waals surface area contributed by atoms with Gasteiger partial charge in [-0.25, -0.2) is 0 Å². The third kappa shape index (κ3) is 5.83. The minimum atomic E-state index is 0. The maximum atomic E-state index is 12.1. The highest BCUT2D eigenvalue weighted by Gasteiger charge is 2.20. The first kappa shape index (κ1) is 20.2. The van der Waals surface area contributed by atoms with Crippen LogP contribution in [0, 0.1) is 0 Å². The molecule has 21 heavy (non-hydrogen) atoms. The van der Waals surface area contributed by atoms with E-state index in [-0.39, 0.29) is 36.8 Å². The van der Waals surface area contributed by atoms with E-state index in [9.17, 15) is 4.79 Å². The minimum Gasteiger partial charge on any atom is -0.348 e. The third-order valence-corrected chi connectivity index (χ3v) is 3.74. The van der Waals surface area contributed by atoms with E-state index in [4.69, 9.17) is 5.73 Å². The number of likely N-dealkylation sites (tertiary alicyclic amines) is 1. The Morgan fingerprint density at radius 2 is 2.00 bits per heavy atom. The van der Waals surface area contributed by atoms with Crippen LogP contribution in [-0.2, 0) is 6.54 Å². The zero-order valence-corrected chi connectivity index (χ0v) is 14.0. The van der Waals surface area contributed by atoms with E-state index in [1.165, 1.54) is 0 Å². The van der Waals surface area contributed by atoms with Gasteiger partial charge in [-0.3, -0.25) is 4.79 Å². The number of carbonyl (C=O) groups is 1. The SMILES string of the molecule is CCN1CCCC(NC(=O)c2ccc(CN)cc2)C1.Cl.Cl. The van der Waals surface area contributed by atoms with Crippen molar-refractivity contribution in [2.75, 3.05) is 19.6 Å². The van der Waals surface area contributed by atoms with Crippen molar-refractivity contribution >= 4 is 30.7 Å². The number of hydrogen-bond donors (Lipinski definition) is 2. The Balaban J connectivity index is 0.00000200. The van der Waals surface area contributed by atoms with Gasteiger partial charge in [0.1, 0.15) is 0 Å². The number of benzene rings is 1. The van der Waals surface area contributed by atoms with Crippen molar-refractivity contribution in [1.29, 1.82) is 0 Å². The van der Waals surface area contributed by atoms with Gasteiger partial charge < -0.3 is 16.0 Å². The van der Waals surface area contributed by atoms with Crippen LogP contribution in [-0.4, -0.2) is 36.5 Å². The lowest BCUT2D eigenvalue weighted by Crippen LogP contribution is -2.47. The van der Waals surface area contributed by atoms with Crippen molar-refractivity contribution in [3.05, 3.63) is 35.4 Å².